The predicted molar refractivity (Wildman–Crippen MR) is 79.9 cm³/mol. The van der Waals surface area contributed by atoms with Crippen molar-refractivity contribution in [3.8, 4) is 0 Å². The van der Waals surface area contributed by atoms with E-state index in [1.807, 2.05) is 13.8 Å². The minimum Gasteiger partial charge on any atom is -0.467 e. The summed E-state index contributed by atoms with van der Waals surface area (Å²) in [6, 6.07) is 3.74. The van der Waals surface area contributed by atoms with Crippen LogP contribution in [-0.2, 0) is 9.53 Å². The molecule has 1 aromatic carbocycles. The van der Waals surface area contributed by atoms with Crippen molar-refractivity contribution in [3.63, 3.8) is 0 Å². The molecule has 0 saturated carbocycles. The topological polar surface area (TPSA) is 44.1 Å². The zero-order valence-corrected chi connectivity index (χ0v) is 13.2. The summed E-state index contributed by atoms with van der Waals surface area (Å²) in [7, 11) is 1.35. The van der Waals surface area contributed by atoms with Gasteiger partial charge in [-0.15, -0.1) is 11.6 Å². The smallest absolute Gasteiger partial charge is 0.329 e. The number of alkyl halides is 1. The van der Waals surface area contributed by atoms with Crippen LogP contribution in [0.4, 0.5) is 4.39 Å². The van der Waals surface area contributed by atoms with E-state index in [0.29, 0.717) is 16.9 Å². The molecule has 2 atom stereocenters. The van der Waals surface area contributed by atoms with Crippen LogP contribution in [0.5, 0.6) is 0 Å². The number of fused-ring (bicyclic) bond motifs is 1. The molecule has 6 heteroatoms. The number of methoxy groups -OCH3 is 1. The second-order valence-corrected chi connectivity index (χ2v) is 5.96. The molecule has 0 aliphatic carbocycles. The van der Waals surface area contributed by atoms with Crippen molar-refractivity contribution in [3.05, 3.63) is 29.8 Å². The largest absolute Gasteiger partial charge is 0.467 e. The Morgan fingerprint density at radius 2 is 2.05 bits per heavy atom. The number of nitrogens with zero attached hydrogens (tertiary/aromatic N) is 2. The normalized spacial score (nSPS) is 14.4. The molecule has 0 saturated heterocycles. The molecular weight excluding hydrogens is 295 g/mol. The Bertz CT molecular complexity index is 667. The van der Waals surface area contributed by atoms with Crippen LogP contribution in [0.3, 0.4) is 0 Å². The third-order valence-electron chi connectivity index (χ3n) is 3.39. The van der Waals surface area contributed by atoms with Crippen molar-refractivity contribution in [1.82, 2.24) is 9.55 Å². The first-order valence-electron chi connectivity index (χ1n) is 6.76. The summed E-state index contributed by atoms with van der Waals surface area (Å²) < 4.78 is 20.0. The van der Waals surface area contributed by atoms with Gasteiger partial charge in [-0.2, -0.15) is 0 Å². The highest BCUT2D eigenvalue weighted by molar-refractivity contribution is 6.20. The van der Waals surface area contributed by atoms with Crippen molar-refractivity contribution < 1.29 is 13.9 Å². The van der Waals surface area contributed by atoms with Crippen LogP contribution in [-0.4, -0.2) is 22.6 Å². The number of carbonyl (C=O) groups excluding carboxylic acids is 1. The second-order valence-electron chi connectivity index (χ2n) is 5.30. The highest BCUT2D eigenvalue weighted by Gasteiger charge is 2.30. The minimum absolute atomic E-state index is 0.0194. The van der Waals surface area contributed by atoms with Crippen molar-refractivity contribution in [2.75, 3.05) is 7.11 Å². The summed E-state index contributed by atoms with van der Waals surface area (Å²) in [6.45, 7) is 5.60. The van der Waals surface area contributed by atoms with Crippen molar-refractivity contribution in [1.29, 1.82) is 0 Å². The van der Waals surface area contributed by atoms with E-state index in [9.17, 15) is 9.18 Å². The van der Waals surface area contributed by atoms with Crippen LogP contribution in [0.15, 0.2) is 18.2 Å². The number of carbonyl (C=O) groups is 1. The van der Waals surface area contributed by atoms with Crippen LogP contribution in [0, 0.1) is 11.7 Å². The Hall–Kier alpha value is -1.62. The molecule has 2 unspecified atom stereocenters. The Balaban J connectivity index is 2.74. The number of esters is 1. The van der Waals surface area contributed by atoms with Gasteiger partial charge < -0.3 is 9.30 Å². The molecule has 2 rings (SSSR count). The van der Waals surface area contributed by atoms with Gasteiger partial charge in [0.2, 0.25) is 0 Å². The quantitative estimate of drug-likeness (QED) is 0.636. The number of imidazole rings is 1. The van der Waals surface area contributed by atoms with E-state index >= 15 is 0 Å². The molecule has 4 nitrogen and oxygen atoms in total. The summed E-state index contributed by atoms with van der Waals surface area (Å²) >= 11 is 6.19. The Morgan fingerprint density at radius 3 is 2.57 bits per heavy atom. The molecule has 0 radical (unpaired) electrons. The monoisotopic (exact) mass is 312 g/mol. The number of rotatable bonds is 4. The molecular formula is C15H18ClFN2O2. The standard InChI is InChI=1S/C15H18ClFN2O2/c1-8(2)13(15(20)21-4)19-12-6-5-10(17)7-11(12)18-14(19)9(3)16/h5-9,13H,1-4H3. The van der Waals surface area contributed by atoms with E-state index in [1.165, 1.54) is 19.2 Å². The first-order valence-corrected chi connectivity index (χ1v) is 7.19. The summed E-state index contributed by atoms with van der Waals surface area (Å²) in [5.41, 5.74) is 1.15. The fourth-order valence-corrected chi connectivity index (χ4v) is 2.61. The molecule has 2 aromatic rings. The van der Waals surface area contributed by atoms with E-state index in [4.69, 9.17) is 16.3 Å². The third-order valence-corrected chi connectivity index (χ3v) is 3.58. The highest BCUT2D eigenvalue weighted by atomic mass is 35.5. The molecule has 114 valence electrons. The molecule has 1 aromatic heterocycles. The van der Waals surface area contributed by atoms with Gasteiger partial charge in [-0.1, -0.05) is 13.8 Å². The van der Waals surface area contributed by atoms with Crippen LogP contribution in [0.2, 0.25) is 0 Å². The summed E-state index contributed by atoms with van der Waals surface area (Å²) in [5, 5.41) is -0.411. The molecule has 0 bridgehead atoms. The summed E-state index contributed by atoms with van der Waals surface area (Å²) in [4.78, 5) is 16.5. The number of ether oxygens (including phenoxy) is 1. The summed E-state index contributed by atoms with van der Waals surface area (Å²) in [6.07, 6.45) is 0. The number of aromatic nitrogens is 2. The van der Waals surface area contributed by atoms with Gasteiger partial charge >= 0.3 is 5.97 Å². The minimum atomic E-state index is -0.554. The van der Waals surface area contributed by atoms with Gasteiger partial charge in [0.15, 0.2) is 0 Å². The van der Waals surface area contributed by atoms with Gasteiger partial charge in [-0.05, 0) is 25.0 Å². The average molecular weight is 313 g/mol. The number of hydrogen-bond donors (Lipinski definition) is 0. The van der Waals surface area contributed by atoms with E-state index in [1.54, 1.807) is 17.6 Å². The SMILES string of the molecule is COC(=O)C(C(C)C)n1c(C(C)Cl)nc2cc(F)ccc21. The van der Waals surface area contributed by atoms with Crippen LogP contribution in [0.25, 0.3) is 11.0 Å². The number of hydrogen-bond acceptors (Lipinski definition) is 3. The lowest BCUT2D eigenvalue weighted by molar-refractivity contribution is -0.146. The molecule has 1 heterocycles. The van der Waals surface area contributed by atoms with Crippen molar-refractivity contribution in [2.45, 2.75) is 32.2 Å². The lowest BCUT2D eigenvalue weighted by atomic mass is 10.0. The van der Waals surface area contributed by atoms with Gasteiger partial charge in [-0.25, -0.2) is 14.2 Å². The Kier molecular flexibility index (Phi) is 4.52. The average Bonchev–Trinajstić information content (AvgIpc) is 2.77. The fourth-order valence-electron chi connectivity index (χ4n) is 2.46. The van der Waals surface area contributed by atoms with E-state index in [0.717, 1.165) is 0 Å². The predicted octanol–water partition coefficient (Wildman–Crippen LogP) is 3.85. The van der Waals surface area contributed by atoms with Crippen LogP contribution >= 0.6 is 11.6 Å². The van der Waals surface area contributed by atoms with Gasteiger partial charge in [-0.3, -0.25) is 0 Å². The van der Waals surface area contributed by atoms with Crippen molar-refractivity contribution >= 4 is 28.6 Å². The Labute approximate surface area is 127 Å². The maximum absolute atomic E-state index is 13.4. The molecule has 0 aliphatic rings. The second kappa shape index (κ2) is 6.02. The lowest BCUT2D eigenvalue weighted by Gasteiger charge is -2.23. The number of benzene rings is 1. The zero-order valence-electron chi connectivity index (χ0n) is 12.4. The maximum Gasteiger partial charge on any atom is 0.329 e. The summed E-state index contributed by atoms with van der Waals surface area (Å²) in [5.74, 6) is -0.234. The molecule has 0 fully saturated rings. The fraction of sp³-hybridized carbons (Fsp3) is 0.467. The van der Waals surface area contributed by atoms with Crippen LogP contribution in [0.1, 0.15) is 38.0 Å². The van der Waals surface area contributed by atoms with Gasteiger partial charge in [0.05, 0.1) is 23.5 Å². The first-order chi connectivity index (χ1) is 9.86. The molecule has 0 N–H and O–H groups in total. The van der Waals surface area contributed by atoms with Gasteiger partial charge in [0.25, 0.3) is 0 Å². The molecule has 0 aliphatic heterocycles. The highest BCUT2D eigenvalue weighted by Crippen LogP contribution is 2.32. The molecule has 0 amide bonds. The zero-order chi connectivity index (χ0) is 15.7. The Morgan fingerprint density at radius 1 is 1.38 bits per heavy atom. The maximum atomic E-state index is 13.4. The third kappa shape index (κ3) is 2.88. The lowest BCUT2D eigenvalue weighted by Crippen LogP contribution is -2.27. The van der Waals surface area contributed by atoms with Gasteiger partial charge in [0, 0.05) is 6.07 Å². The first kappa shape index (κ1) is 15.8. The van der Waals surface area contributed by atoms with E-state index < -0.39 is 11.4 Å². The van der Waals surface area contributed by atoms with Crippen molar-refractivity contribution in [2.24, 2.45) is 5.92 Å². The number of halogens is 2. The van der Waals surface area contributed by atoms with E-state index in [-0.39, 0.29) is 17.7 Å². The van der Waals surface area contributed by atoms with Crippen LogP contribution < -0.4 is 0 Å². The molecule has 0 spiro atoms. The molecule has 21 heavy (non-hydrogen) atoms. The van der Waals surface area contributed by atoms with Gasteiger partial charge in [0.1, 0.15) is 17.7 Å². The van der Waals surface area contributed by atoms with E-state index in [2.05, 4.69) is 4.98 Å².